The Morgan fingerprint density at radius 3 is 2.84 bits per heavy atom. The van der Waals surface area contributed by atoms with Crippen molar-refractivity contribution in [2.75, 3.05) is 31.6 Å². The van der Waals surface area contributed by atoms with Crippen LogP contribution in [0.15, 0.2) is 45.7 Å². The summed E-state index contributed by atoms with van der Waals surface area (Å²) in [6.07, 6.45) is 1.65. The molecule has 1 saturated heterocycles. The number of morpholine rings is 1. The molecule has 0 radical (unpaired) electrons. The SMILES string of the molecule is NC(=NCc1ccc(S(=O)(=O)N2CCOCC2)s1)Nc1ccccn1. The molecule has 3 heterocycles. The first-order valence-corrected chi connectivity index (χ1v) is 9.96. The number of pyridine rings is 1. The topological polar surface area (TPSA) is 110 Å². The van der Waals surface area contributed by atoms with E-state index in [4.69, 9.17) is 10.5 Å². The number of aliphatic imine (C=N–C) groups is 1. The highest BCUT2D eigenvalue weighted by molar-refractivity contribution is 7.91. The van der Waals surface area contributed by atoms with E-state index in [0.717, 1.165) is 4.88 Å². The lowest BCUT2D eigenvalue weighted by Crippen LogP contribution is -2.40. The lowest BCUT2D eigenvalue weighted by molar-refractivity contribution is 0.0731. The number of ether oxygens (including phenoxy) is 1. The Hall–Kier alpha value is -2.01. The van der Waals surface area contributed by atoms with Gasteiger partial charge in [0.15, 0.2) is 5.96 Å². The van der Waals surface area contributed by atoms with Gasteiger partial charge < -0.3 is 15.8 Å². The minimum Gasteiger partial charge on any atom is -0.379 e. The zero-order valence-corrected chi connectivity index (χ0v) is 15.1. The van der Waals surface area contributed by atoms with E-state index < -0.39 is 10.0 Å². The van der Waals surface area contributed by atoms with E-state index in [1.54, 1.807) is 30.5 Å². The van der Waals surface area contributed by atoms with Crippen molar-refractivity contribution in [2.24, 2.45) is 10.7 Å². The number of aromatic nitrogens is 1. The fraction of sp³-hybridized carbons (Fsp3) is 0.333. The molecule has 2 aromatic heterocycles. The zero-order valence-electron chi connectivity index (χ0n) is 13.5. The van der Waals surface area contributed by atoms with Crippen molar-refractivity contribution >= 4 is 33.1 Å². The van der Waals surface area contributed by atoms with E-state index in [0.29, 0.717) is 42.9 Å². The molecule has 1 aliphatic rings. The van der Waals surface area contributed by atoms with Gasteiger partial charge in [-0.2, -0.15) is 4.31 Å². The first-order valence-electron chi connectivity index (χ1n) is 7.70. The van der Waals surface area contributed by atoms with Gasteiger partial charge in [-0.05, 0) is 24.3 Å². The van der Waals surface area contributed by atoms with Crippen molar-refractivity contribution in [3.8, 4) is 0 Å². The van der Waals surface area contributed by atoms with Gasteiger partial charge >= 0.3 is 0 Å². The van der Waals surface area contributed by atoms with E-state index in [2.05, 4.69) is 15.3 Å². The Kier molecular flexibility index (Phi) is 5.63. The smallest absolute Gasteiger partial charge is 0.252 e. The Labute approximate surface area is 150 Å². The lowest BCUT2D eigenvalue weighted by atomic mass is 10.4. The number of nitrogens with two attached hydrogens (primary N) is 1. The van der Waals surface area contributed by atoms with Gasteiger partial charge in [0.05, 0.1) is 19.8 Å². The summed E-state index contributed by atoms with van der Waals surface area (Å²) < 4.78 is 32.1. The lowest BCUT2D eigenvalue weighted by Gasteiger charge is -2.25. The maximum absolute atomic E-state index is 12.6. The normalized spacial score (nSPS) is 16.7. The average molecular weight is 381 g/mol. The van der Waals surface area contributed by atoms with Crippen LogP contribution in [0.4, 0.5) is 5.82 Å². The van der Waals surface area contributed by atoms with E-state index in [1.807, 2.05) is 6.07 Å². The van der Waals surface area contributed by atoms with E-state index in [1.165, 1.54) is 15.6 Å². The molecule has 0 saturated carbocycles. The molecule has 0 bridgehead atoms. The monoisotopic (exact) mass is 381 g/mol. The second-order valence-electron chi connectivity index (χ2n) is 5.28. The van der Waals surface area contributed by atoms with Crippen LogP contribution in [0, 0.1) is 0 Å². The molecule has 3 rings (SSSR count). The molecule has 134 valence electrons. The standard InChI is InChI=1S/C15H19N5O3S2/c16-15(19-13-3-1-2-6-17-13)18-11-12-4-5-14(24-12)25(21,22)20-7-9-23-10-8-20/h1-6H,7-11H2,(H3,16,17,18,19). The summed E-state index contributed by atoms with van der Waals surface area (Å²) in [5, 5.41) is 2.88. The highest BCUT2D eigenvalue weighted by Gasteiger charge is 2.27. The molecule has 0 amide bonds. The van der Waals surface area contributed by atoms with Gasteiger partial charge in [-0.25, -0.2) is 18.4 Å². The van der Waals surface area contributed by atoms with Crippen LogP contribution in [0.2, 0.25) is 0 Å². The number of sulfonamides is 1. The van der Waals surface area contributed by atoms with Crippen molar-refractivity contribution in [3.05, 3.63) is 41.4 Å². The fourth-order valence-corrected chi connectivity index (χ4v) is 5.11. The molecule has 3 N–H and O–H groups in total. The molecule has 0 atom stereocenters. The van der Waals surface area contributed by atoms with Gasteiger partial charge in [-0.15, -0.1) is 11.3 Å². The first kappa shape index (κ1) is 17.8. The Bertz CT molecular complexity index is 830. The number of nitrogens with zero attached hydrogens (tertiary/aromatic N) is 3. The van der Waals surface area contributed by atoms with Gasteiger partial charge in [0.25, 0.3) is 10.0 Å². The highest BCUT2D eigenvalue weighted by atomic mass is 32.2. The third-order valence-corrected chi connectivity index (χ3v) is 6.96. The minimum atomic E-state index is -3.46. The Balaban J connectivity index is 1.64. The molecule has 25 heavy (non-hydrogen) atoms. The maximum atomic E-state index is 12.6. The quantitative estimate of drug-likeness (QED) is 0.593. The molecule has 0 aliphatic carbocycles. The molecule has 8 nitrogen and oxygen atoms in total. The Morgan fingerprint density at radius 1 is 1.32 bits per heavy atom. The number of thiophene rings is 1. The van der Waals surface area contributed by atoms with Crippen LogP contribution in [-0.4, -0.2) is 50.0 Å². The average Bonchev–Trinajstić information content (AvgIpc) is 3.11. The van der Waals surface area contributed by atoms with Gasteiger partial charge in [0.2, 0.25) is 0 Å². The molecule has 1 aliphatic heterocycles. The molecule has 2 aromatic rings. The fourth-order valence-electron chi connectivity index (χ4n) is 2.27. The second kappa shape index (κ2) is 7.91. The number of hydrogen-bond acceptors (Lipinski definition) is 6. The number of hydrogen-bond donors (Lipinski definition) is 2. The number of guanidine groups is 1. The van der Waals surface area contributed by atoms with Gasteiger partial charge in [0.1, 0.15) is 10.0 Å². The third kappa shape index (κ3) is 4.54. The summed E-state index contributed by atoms with van der Waals surface area (Å²) in [5.74, 6) is 0.829. The molecule has 0 aromatic carbocycles. The summed E-state index contributed by atoms with van der Waals surface area (Å²) in [5.41, 5.74) is 5.83. The molecular formula is C15H19N5O3S2. The van der Waals surface area contributed by atoms with Crippen molar-refractivity contribution in [2.45, 2.75) is 10.8 Å². The van der Waals surface area contributed by atoms with E-state index in [9.17, 15) is 8.42 Å². The summed E-state index contributed by atoms with van der Waals surface area (Å²) >= 11 is 1.21. The molecule has 0 spiro atoms. The highest BCUT2D eigenvalue weighted by Crippen LogP contribution is 2.26. The van der Waals surface area contributed by atoms with Crippen LogP contribution < -0.4 is 11.1 Å². The summed E-state index contributed by atoms with van der Waals surface area (Å²) in [6, 6.07) is 8.80. The van der Waals surface area contributed by atoms with Crippen molar-refractivity contribution in [1.82, 2.24) is 9.29 Å². The van der Waals surface area contributed by atoms with Crippen molar-refractivity contribution in [1.29, 1.82) is 0 Å². The van der Waals surface area contributed by atoms with Crippen LogP contribution in [0.5, 0.6) is 0 Å². The van der Waals surface area contributed by atoms with Crippen molar-refractivity contribution in [3.63, 3.8) is 0 Å². The second-order valence-corrected chi connectivity index (χ2v) is 8.61. The number of nitrogens with one attached hydrogen (secondary N) is 1. The minimum absolute atomic E-state index is 0.227. The van der Waals surface area contributed by atoms with Crippen LogP contribution in [-0.2, 0) is 21.3 Å². The van der Waals surface area contributed by atoms with Crippen molar-refractivity contribution < 1.29 is 13.2 Å². The number of anilines is 1. The summed E-state index contributed by atoms with van der Waals surface area (Å²) in [6.45, 7) is 1.92. The van der Waals surface area contributed by atoms with Gasteiger partial charge in [-0.3, -0.25) is 0 Å². The van der Waals surface area contributed by atoms with E-state index >= 15 is 0 Å². The Morgan fingerprint density at radius 2 is 2.12 bits per heavy atom. The van der Waals surface area contributed by atoms with Gasteiger partial charge in [-0.1, -0.05) is 6.07 Å². The molecule has 10 heteroatoms. The summed E-state index contributed by atoms with van der Waals surface area (Å²) in [4.78, 5) is 9.14. The maximum Gasteiger partial charge on any atom is 0.252 e. The molecular weight excluding hydrogens is 362 g/mol. The van der Waals surface area contributed by atoms with Crippen LogP contribution in [0.1, 0.15) is 4.88 Å². The predicted octanol–water partition coefficient (Wildman–Crippen LogP) is 1.09. The molecule has 0 unspecified atom stereocenters. The summed E-state index contributed by atoms with van der Waals surface area (Å²) in [7, 11) is -3.46. The number of rotatable bonds is 5. The van der Waals surface area contributed by atoms with E-state index in [-0.39, 0.29) is 5.96 Å². The van der Waals surface area contributed by atoms with Crippen LogP contribution in [0.3, 0.4) is 0 Å². The zero-order chi connectivity index (χ0) is 17.7. The van der Waals surface area contributed by atoms with Gasteiger partial charge in [0, 0.05) is 24.2 Å². The molecule has 1 fully saturated rings. The third-order valence-electron chi connectivity index (χ3n) is 3.53. The van der Waals surface area contributed by atoms with Crippen LogP contribution >= 0.6 is 11.3 Å². The van der Waals surface area contributed by atoms with Crippen LogP contribution in [0.25, 0.3) is 0 Å². The first-order chi connectivity index (χ1) is 12.1. The predicted molar refractivity (Wildman–Crippen MR) is 97.1 cm³/mol. The largest absolute Gasteiger partial charge is 0.379 e.